The minimum atomic E-state index is 0.0173. The van der Waals surface area contributed by atoms with Crippen molar-refractivity contribution < 1.29 is 4.79 Å². The lowest BCUT2D eigenvalue weighted by molar-refractivity contribution is -0.119. The Morgan fingerprint density at radius 3 is 2.80 bits per heavy atom. The van der Waals surface area contributed by atoms with Gasteiger partial charge in [-0.25, -0.2) is 0 Å². The molecule has 0 aliphatic rings. The molecule has 0 bridgehead atoms. The number of nitrogens with one attached hydrogen (secondary N) is 1. The Balaban J connectivity index is 1.90. The minimum Gasteiger partial charge on any atom is -0.353 e. The molecule has 7 heteroatoms. The van der Waals surface area contributed by atoms with E-state index >= 15 is 0 Å². The van der Waals surface area contributed by atoms with Crippen LogP contribution in [0.25, 0.3) is 5.69 Å². The first-order valence-corrected chi connectivity index (χ1v) is 9.78. The maximum absolute atomic E-state index is 12.1. The zero-order chi connectivity index (χ0) is 18.2. The molecule has 25 heavy (non-hydrogen) atoms. The highest BCUT2D eigenvalue weighted by molar-refractivity contribution is 7.99. The van der Waals surface area contributed by atoms with E-state index in [9.17, 15) is 4.79 Å². The molecule has 1 amide bonds. The van der Waals surface area contributed by atoms with Gasteiger partial charge < -0.3 is 5.32 Å². The van der Waals surface area contributed by atoms with E-state index < -0.39 is 0 Å². The first kappa shape index (κ1) is 19.4. The molecule has 0 unspecified atom stereocenters. The van der Waals surface area contributed by atoms with Gasteiger partial charge in [-0.05, 0) is 60.9 Å². The van der Waals surface area contributed by atoms with Gasteiger partial charge in [0.2, 0.25) is 11.1 Å². The summed E-state index contributed by atoms with van der Waals surface area (Å²) < 4.78 is 1.68. The molecule has 1 N–H and O–H groups in total. The summed E-state index contributed by atoms with van der Waals surface area (Å²) in [5.74, 6) is 0.326. The molecule has 0 radical (unpaired) electrons. The van der Waals surface area contributed by atoms with E-state index in [0.717, 1.165) is 18.5 Å². The molecule has 136 valence electrons. The zero-order valence-electron chi connectivity index (χ0n) is 15.5. The molecule has 0 spiro atoms. The van der Waals surface area contributed by atoms with Crippen LogP contribution in [0.1, 0.15) is 50.7 Å². The van der Waals surface area contributed by atoms with Crippen LogP contribution in [0.15, 0.2) is 23.4 Å². The second-order valence-electron chi connectivity index (χ2n) is 6.39. The fourth-order valence-electron chi connectivity index (χ4n) is 2.51. The smallest absolute Gasteiger partial charge is 0.230 e. The average molecular weight is 362 g/mol. The number of nitrogens with zero attached hydrogens (tertiary/aromatic N) is 4. The van der Waals surface area contributed by atoms with Crippen molar-refractivity contribution in [2.75, 3.05) is 5.75 Å². The van der Waals surface area contributed by atoms with Crippen LogP contribution in [0.3, 0.4) is 0 Å². The van der Waals surface area contributed by atoms with Gasteiger partial charge in [0, 0.05) is 6.04 Å². The molecule has 2 rings (SSSR count). The summed E-state index contributed by atoms with van der Waals surface area (Å²) in [6, 6.07) is 6.28. The van der Waals surface area contributed by atoms with Gasteiger partial charge in [0.25, 0.3) is 0 Å². The van der Waals surface area contributed by atoms with Crippen molar-refractivity contribution in [1.82, 2.24) is 25.5 Å². The lowest BCUT2D eigenvalue weighted by Gasteiger charge is -2.13. The largest absolute Gasteiger partial charge is 0.353 e. The summed E-state index contributed by atoms with van der Waals surface area (Å²) in [7, 11) is 0. The zero-order valence-corrected chi connectivity index (χ0v) is 16.3. The highest BCUT2D eigenvalue weighted by Gasteiger charge is 2.13. The van der Waals surface area contributed by atoms with Crippen molar-refractivity contribution in [2.24, 2.45) is 0 Å². The van der Waals surface area contributed by atoms with Crippen LogP contribution in [0.2, 0.25) is 0 Å². The van der Waals surface area contributed by atoms with Crippen LogP contribution in [-0.2, 0) is 4.79 Å². The molecule has 0 saturated heterocycles. The van der Waals surface area contributed by atoms with E-state index in [-0.39, 0.29) is 11.9 Å². The van der Waals surface area contributed by atoms with Crippen LogP contribution in [0, 0.1) is 13.8 Å². The Bertz CT molecular complexity index is 701. The Labute approximate surface area is 153 Å². The number of aryl methyl sites for hydroxylation is 2. The van der Waals surface area contributed by atoms with Gasteiger partial charge in [0.05, 0.1) is 11.4 Å². The third kappa shape index (κ3) is 5.85. The van der Waals surface area contributed by atoms with E-state index in [2.05, 4.69) is 48.5 Å². The van der Waals surface area contributed by atoms with Crippen molar-refractivity contribution >= 4 is 17.7 Å². The third-order valence-electron chi connectivity index (χ3n) is 4.16. The molecule has 0 saturated carbocycles. The summed E-state index contributed by atoms with van der Waals surface area (Å²) in [5, 5.41) is 15.5. The molecule has 6 nitrogen and oxygen atoms in total. The molecule has 2 aromatic rings. The Kier molecular flexibility index (Phi) is 7.43. The number of carbonyl (C=O) groups excluding carboxylic acids is 1. The average Bonchev–Trinajstić information content (AvgIpc) is 3.04. The second-order valence-corrected chi connectivity index (χ2v) is 7.34. The topological polar surface area (TPSA) is 72.7 Å². The molecule has 1 aromatic heterocycles. The lowest BCUT2D eigenvalue weighted by atomic mass is 10.1. The molecule has 1 atom stereocenters. The van der Waals surface area contributed by atoms with Crippen LogP contribution in [0.5, 0.6) is 0 Å². The van der Waals surface area contributed by atoms with Crippen molar-refractivity contribution in [3.05, 3.63) is 29.3 Å². The molecule has 0 fully saturated rings. The molecular formula is C18H27N5OS. The van der Waals surface area contributed by atoms with E-state index in [1.165, 1.54) is 35.7 Å². The van der Waals surface area contributed by atoms with E-state index in [1.54, 1.807) is 4.68 Å². The number of hydrogen-bond donors (Lipinski definition) is 1. The fraction of sp³-hybridized carbons (Fsp3) is 0.556. The first-order valence-electron chi connectivity index (χ1n) is 8.79. The summed E-state index contributed by atoms with van der Waals surface area (Å²) >= 11 is 1.35. The van der Waals surface area contributed by atoms with Gasteiger partial charge in [0.1, 0.15) is 0 Å². The van der Waals surface area contributed by atoms with Crippen molar-refractivity contribution in [2.45, 2.75) is 64.6 Å². The summed E-state index contributed by atoms with van der Waals surface area (Å²) in [5.41, 5.74) is 3.31. The maximum atomic E-state index is 12.1. The van der Waals surface area contributed by atoms with Gasteiger partial charge in [-0.2, -0.15) is 4.68 Å². The molecular weight excluding hydrogens is 334 g/mol. The Morgan fingerprint density at radius 1 is 1.28 bits per heavy atom. The van der Waals surface area contributed by atoms with Gasteiger partial charge >= 0.3 is 0 Å². The number of unbranched alkanes of at least 4 members (excludes halogenated alkanes) is 2. The standard InChI is InChI=1S/C18H27N5OS/c1-5-6-7-8-15(4)19-17(24)12-25-18-20-21-22-23(18)16-10-9-13(2)14(3)11-16/h9-11,15H,5-8,12H2,1-4H3,(H,19,24)/t15-/m0/s1. The van der Waals surface area contributed by atoms with Gasteiger partial charge in [-0.15, -0.1) is 5.10 Å². The van der Waals surface area contributed by atoms with E-state index in [0.29, 0.717) is 10.9 Å². The molecule has 1 heterocycles. The number of benzene rings is 1. The quantitative estimate of drug-likeness (QED) is 0.547. The minimum absolute atomic E-state index is 0.0173. The number of amides is 1. The van der Waals surface area contributed by atoms with E-state index in [1.807, 2.05) is 18.2 Å². The number of tetrazole rings is 1. The van der Waals surface area contributed by atoms with Crippen molar-refractivity contribution in [1.29, 1.82) is 0 Å². The fourth-order valence-corrected chi connectivity index (χ4v) is 3.21. The predicted molar refractivity (Wildman–Crippen MR) is 101 cm³/mol. The summed E-state index contributed by atoms with van der Waals surface area (Å²) in [6.07, 6.45) is 4.57. The monoisotopic (exact) mass is 361 g/mol. The highest BCUT2D eigenvalue weighted by Crippen LogP contribution is 2.20. The third-order valence-corrected chi connectivity index (χ3v) is 5.08. The van der Waals surface area contributed by atoms with Crippen LogP contribution < -0.4 is 5.32 Å². The molecule has 0 aliphatic carbocycles. The predicted octanol–water partition coefficient (Wildman–Crippen LogP) is 3.46. The normalized spacial score (nSPS) is 12.2. The first-order chi connectivity index (χ1) is 12.0. The number of rotatable bonds is 9. The summed E-state index contributed by atoms with van der Waals surface area (Å²) in [4.78, 5) is 12.1. The number of thioether (sulfide) groups is 1. The Hall–Kier alpha value is -1.89. The summed E-state index contributed by atoms with van der Waals surface area (Å²) in [6.45, 7) is 8.36. The van der Waals surface area contributed by atoms with Gasteiger partial charge in [-0.1, -0.05) is 44.0 Å². The highest BCUT2D eigenvalue weighted by atomic mass is 32.2. The van der Waals surface area contributed by atoms with Gasteiger partial charge in [-0.3, -0.25) is 4.79 Å². The molecule has 0 aliphatic heterocycles. The van der Waals surface area contributed by atoms with Gasteiger partial charge in [0.15, 0.2) is 0 Å². The number of hydrogen-bond acceptors (Lipinski definition) is 5. The molecule has 1 aromatic carbocycles. The lowest BCUT2D eigenvalue weighted by Crippen LogP contribution is -2.33. The maximum Gasteiger partial charge on any atom is 0.230 e. The SMILES string of the molecule is CCCCC[C@H](C)NC(=O)CSc1nnnn1-c1ccc(C)c(C)c1. The Morgan fingerprint density at radius 2 is 2.08 bits per heavy atom. The van der Waals surface area contributed by atoms with Crippen LogP contribution in [0.4, 0.5) is 0 Å². The second kappa shape index (κ2) is 9.56. The van der Waals surface area contributed by atoms with Crippen LogP contribution >= 0.6 is 11.8 Å². The van der Waals surface area contributed by atoms with Crippen molar-refractivity contribution in [3.63, 3.8) is 0 Å². The number of aromatic nitrogens is 4. The van der Waals surface area contributed by atoms with E-state index in [4.69, 9.17) is 0 Å². The number of carbonyl (C=O) groups is 1. The van der Waals surface area contributed by atoms with Crippen molar-refractivity contribution in [3.8, 4) is 5.69 Å². The van der Waals surface area contributed by atoms with Crippen LogP contribution in [-0.4, -0.2) is 37.9 Å².